The summed E-state index contributed by atoms with van der Waals surface area (Å²) >= 11 is 5.90. The van der Waals surface area contributed by atoms with Gasteiger partial charge in [-0.25, -0.2) is 4.98 Å². The number of aromatic amines is 1. The van der Waals surface area contributed by atoms with Crippen LogP contribution in [0.1, 0.15) is 23.5 Å². The third-order valence-corrected chi connectivity index (χ3v) is 6.05. The van der Waals surface area contributed by atoms with Crippen LogP contribution < -0.4 is 5.32 Å². The van der Waals surface area contributed by atoms with Crippen molar-refractivity contribution in [2.24, 2.45) is 0 Å². The first-order valence-electron chi connectivity index (χ1n) is 8.86. The normalized spacial score (nSPS) is 25.8. The fourth-order valence-corrected chi connectivity index (χ4v) is 4.86. The summed E-state index contributed by atoms with van der Waals surface area (Å²) in [7, 11) is 2.25. The van der Waals surface area contributed by atoms with Crippen molar-refractivity contribution in [2.75, 3.05) is 18.9 Å². The molecule has 5 heteroatoms. The highest BCUT2D eigenvalue weighted by Gasteiger charge is 2.39. The number of halogens is 1. The highest BCUT2D eigenvalue weighted by Crippen LogP contribution is 2.43. The molecule has 128 valence electrons. The van der Waals surface area contributed by atoms with Gasteiger partial charge in [0.2, 0.25) is 0 Å². The van der Waals surface area contributed by atoms with Crippen LogP contribution in [0.5, 0.6) is 0 Å². The van der Waals surface area contributed by atoms with Gasteiger partial charge in [0, 0.05) is 41.6 Å². The molecule has 3 aromatic rings. The van der Waals surface area contributed by atoms with Crippen molar-refractivity contribution < 1.29 is 0 Å². The molecule has 2 aromatic heterocycles. The highest BCUT2D eigenvalue weighted by atomic mass is 35.5. The van der Waals surface area contributed by atoms with Crippen molar-refractivity contribution in [2.45, 2.75) is 30.8 Å². The second kappa shape index (κ2) is 5.75. The van der Waals surface area contributed by atoms with Crippen LogP contribution in [0.25, 0.3) is 10.9 Å². The van der Waals surface area contributed by atoms with Crippen LogP contribution in [0, 0.1) is 0 Å². The van der Waals surface area contributed by atoms with Crippen LogP contribution in [-0.4, -0.2) is 40.5 Å². The summed E-state index contributed by atoms with van der Waals surface area (Å²) < 4.78 is 0. The van der Waals surface area contributed by atoms with E-state index in [4.69, 9.17) is 11.6 Å². The van der Waals surface area contributed by atoms with Crippen LogP contribution in [0.2, 0.25) is 5.15 Å². The molecule has 0 radical (unpaired) electrons. The van der Waals surface area contributed by atoms with E-state index in [0.717, 1.165) is 25.1 Å². The van der Waals surface area contributed by atoms with Crippen LogP contribution in [0.4, 0.5) is 5.69 Å². The van der Waals surface area contributed by atoms with Crippen molar-refractivity contribution in [3.63, 3.8) is 0 Å². The molecule has 5 rings (SSSR count). The minimum absolute atomic E-state index is 0.407. The molecule has 0 bridgehead atoms. The van der Waals surface area contributed by atoms with Gasteiger partial charge < -0.3 is 15.2 Å². The third kappa shape index (κ3) is 2.52. The minimum Gasteiger partial charge on any atom is -0.380 e. The fraction of sp³-hybridized carbons (Fsp3) is 0.350. The largest absolute Gasteiger partial charge is 0.380 e. The molecule has 1 fully saturated rings. The Kier molecular flexibility index (Phi) is 3.50. The molecule has 0 amide bonds. The van der Waals surface area contributed by atoms with Gasteiger partial charge >= 0.3 is 0 Å². The Labute approximate surface area is 152 Å². The Bertz CT molecular complexity index is 917. The molecule has 0 saturated carbocycles. The zero-order valence-electron chi connectivity index (χ0n) is 14.2. The second-order valence-corrected chi connectivity index (χ2v) is 7.74. The summed E-state index contributed by atoms with van der Waals surface area (Å²) in [6.45, 7) is 1.04. The lowest BCUT2D eigenvalue weighted by Gasteiger charge is -2.45. The number of nitrogens with zero attached hydrogens (tertiary/aromatic N) is 2. The average molecular weight is 353 g/mol. The first-order valence-corrected chi connectivity index (χ1v) is 9.24. The molecule has 1 aliphatic heterocycles. The number of benzene rings is 1. The SMILES string of the molecule is CN1CC(Nc2ccc(Cl)nc2)C[C@@H]2c3cccc4[nH]cc(c34)C[C@H]21. The maximum absolute atomic E-state index is 5.90. The van der Waals surface area contributed by atoms with Crippen molar-refractivity contribution in [3.05, 3.63) is 59.0 Å². The maximum atomic E-state index is 5.90. The highest BCUT2D eigenvalue weighted by molar-refractivity contribution is 6.29. The number of hydrogen-bond donors (Lipinski definition) is 2. The molecular formula is C20H21ClN4. The summed E-state index contributed by atoms with van der Waals surface area (Å²) in [6, 6.07) is 11.5. The van der Waals surface area contributed by atoms with Gasteiger partial charge in [-0.05, 0) is 49.2 Å². The smallest absolute Gasteiger partial charge is 0.129 e. The predicted molar refractivity (Wildman–Crippen MR) is 102 cm³/mol. The molecule has 1 aliphatic carbocycles. The zero-order valence-corrected chi connectivity index (χ0v) is 14.9. The van der Waals surface area contributed by atoms with Crippen LogP contribution >= 0.6 is 11.6 Å². The van der Waals surface area contributed by atoms with E-state index in [1.54, 1.807) is 0 Å². The number of fused-ring (bicyclic) bond motifs is 2. The number of piperidine rings is 1. The summed E-state index contributed by atoms with van der Waals surface area (Å²) in [5.74, 6) is 0.559. The number of rotatable bonds is 2. The van der Waals surface area contributed by atoms with Gasteiger partial charge in [0.15, 0.2) is 0 Å². The van der Waals surface area contributed by atoms with Crippen molar-refractivity contribution in [1.29, 1.82) is 0 Å². The monoisotopic (exact) mass is 352 g/mol. The Balaban J connectivity index is 1.47. The second-order valence-electron chi connectivity index (χ2n) is 7.35. The molecule has 3 atom stereocenters. The van der Waals surface area contributed by atoms with Crippen LogP contribution in [0.15, 0.2) is 42.7 Å². The van der Waals surface area contributed by atoms with Crippen molar-refractivity contribution in [1.82, 2.24) is 14.9 Å². The number of hydrogen-bond acceptors (Lipinski definition) is 3. The molecule has 3 heterocycles. The number of H-pyrrole nitrogens is 1. The number of nitrogens with one attached hydrogen (secondary N) is 2. The Morgan fingerprint density at radius 1 is 1.28 bits per heavy atom. The van der Waals surface area contributed by atoms with Gasteiger partial charge in [0.25, 0.3) is 0 Å². The average Bonchev–Trinajstić information content (AvgIpc) is 3.03. The Hall–Kier alpha value is -2.04. The van der Waals surface area contributed by atoms with E-state index < -0.39 is 0 Å². The van der Waals surface area contributed by atoms with Gasteiger partial charge in [0.05, 0.1) is 11.9 Å². The topological polar surface area (TPSA) is 44.0 Å². The standard InChI is InChI=1S/C20H21ClN4/c1-25-11-14(24-13-5-6-19(21)23-10-13)8-16-15-3-2-4-17-20(15)12(9-22-17)7-18(16)25/h2-6,9-10,14,16,18,22,24H,7-8,11H2,1H3/t14?,16-,18-/m1/s1. The van der Waals surface area contributed by atoms with Crippen molar-refractivity contribution in [3.8, 4) is 0 Å². The zero-order chi connectivity index (χ0) is 17.0. The Morgan fingerprint density at radius 3 is 3.04 bits per heavy atom. The molecular weight excluding hydrogens is 332 g/mol. The summed E-state index contributed by atoms with van der Waals surface area (Å²) in [6.07, 6.45) is 6.29. The fourth-order valence-electron chi connectivity index (χ4n) is 4.74. The van der Waals surface area contributed by atoms with Gasteiger partial charge in [-0.1, -0.05) is 23.7 Å². The lowest BCUT2D eigenvalue weighted by atomic mass is 9.74. The number of pyridine rings is 1. The van der Waals surface area contributed by atoms with Gasteiger partial charge in [-0.3, -0.25) is 0 Å². The van der Waals surface area contributed by atoms with E-state index in [-0.39, 0.29) is 0 Å². The lowest BCUT2D eigenvalue weighted by molar-refractivity contribution is 0.147. The molecule has 2 aliphatic rings. The molecule has 1 unspecified atom stereocenters. The first kappa shape index (κ1) is 15.2. The number of aromatic nitrogens is 2. The van der Waals surface area contributed by atoms with E-state index in [0.29, 0.717) is 23.2 Å². The van der Waals surface area contributed by atoms with E-state index in [2.05, 4.69) is 51.6 Å². The van der Waals surface area contributed by atoms with Gasteiger partial charge in [0.1, 0.15) is 5.15 Å². The molecule has 2 N–H and O–H groups in total. The van der Waals surface area contributed by atoms with Gasteiger partial charge in [-0.2, -0.15) is 0 Å². The number of anilines is 1. The maximum Gasteiger partial charge on any atom is 0.129 e. The van der Waals surface area contributed by atoms with E-state index >= 15 is 0 Å². The summed E-state index contributed by atoms with van der Waals surface area (Å²) in [4.78, 5) is 10.1. The van der Waals surface area contributed by atoms with Gasteiger partial charge in [-0.15, -0.1) is 0 Å². The first-order chi connectivity index (χ1) is 12.2. The van der Waals surface area contributed by atoms with E-state index in [9.17, 15) is 0 Å². The number of likely N-dealkylation sites (tertiary alicyclic amines) is 1. The van der Waals surface area contributed by atoms with Crippen molar-refractivity contribution >= 4 is 28.2 Å². The van der Waals surface area contributed by atoms with E-state index in [1.165, 1.54) is 22.0 Å². The quantitative estimate of drug-likeness (QED) is 0.684. The Morgan fingerprint density at radius 2 is 2.20 bits per heavy atom. The third-order valence-electron chi connectivity index (χ3n) is 5.82. The predicted octanol–water partition coefficient (Wildman–Crippen LogP) is 4.04. The summed E-state index contributed by atoms with van der Waals surface area (Å²) in [5.41, 5.74) is 5.27. The van der Waals surface area contributed by atoms with E-state index in [1.807, 2.05) is 18.3 Å². The van der Waals surface area contributed by atoms with Crippen LogP contribution in [-0.2, 0) is 6.42 Å². The molecule has 25 heavy (non-hydrogen) atoms. The minimum atomic E-state index is 0.407. The molecule has 1 aromatic carbocycles. The molecule has 4 nitrogen and oxygen atoms in total. The number of likely N-dealkylation sites (N-methyl/N-ethyl adjacent to an activating group) is 1. The van der Waals surface area contributed by atoms with Crippen LogP contribution in [0.3, 0.4) is 0 Å². The molecule has 0 spiro atoms. The summed E-state index contributed by atoms with van der Waals surface area (Å²) in [5, 5.41) is 5.63. The lowest BCUT2D eigenvalue weighted by Crippen LogP contribution is -2.51. The molecule has 1 saturated heterocycles.